The molecule has 0 aliphatic heterocycles. The quantitative estimate of drug-likeness (QED) is 0.617. The number of urea groups is 1. The lowest BCUT2D eigenvalue weighted by atomic mass is 10.1. The number of ether oxygens (including phenoxy) is 1. The minimum Gasteiger partial charge on any atom is -0.479 e. The number of methoxy groups -OCH3 is 1. The third-order valence-corrected chi connectivity index (χ3v) is 2.62. The molecule has 0 saturated heterocycles. The standard InChI is InChI=1S/C13H18N2O5/c1-13(19,11(16)17)8-14-12(18)15-10-6-4-3-5-9(10)7-20-2/h3-6,19H,7-8H2,1-2H3,(H,16,17)(H2,14,15,18). The summed E-state index contributed by atoms with van der Waals surface area (Å²) in [6, 6.07) is 6.46. The summed E-state index contributed by atoms with van der Waals surface area (Å²) in [5.41, 5.74) is -0.666. The number of anilines is 1. The van der Waals surface area contributed by atoms with Crippen molar-refractivity contribution < 1.29 is 24.5 Å². The molecule has 0 aliphatic carbocycles. The maximum absolute atomic E-state index is 11.7. The zero-order valence-corrected chi connectivity index (χ0v) is 11.3. The van der Waals surface area contributed by atoms with Gasteiger partial charge >= 0.3 is 12.0 Å². The number of hydrogen-bond donors (Lipinski definition) is 4. The topological polar surface area (TPSA) is 108 Å². The predicted octanol–water partition coefficient (Wildman–Crippen LogP) is 0.790. The summed E-state index contributed by atoms with van der Waals surface area (Å²) >= 11 is 0. The highest BCUT2D eigenvalue weighted by atomic mass is 16.5. The second-order valence-electron chi connectivity index (χ2n) is 4.48. The van der Waals surface area contributed by atoms with Crippen molar-refractivity contribution in [3.05, 3.63) is 29.8 Å². The number of aliphatic carboxylic acids is 1. The van der Waals surface area contributed by atoms with Gasteiger partial charge in [0.1, 0.15) is 0 Å². The van der Waals surface area contributed by atoms with Crippen LogP contribution in [0.4, 0.5) is 10.5 Å². The van der Waals surface area contributed by atoms with E-state index in [9.17, 15) is 14.7 Å². The second-order valence-corrected chi connectivity index (χ2v) is 4.48. The monoisotopic (exact) mass is 282 g/mol. The van der Waals surface area contributed by atoms with Crippen molar-refractivity contribution in [3.8, 4) is 0 Å². The van der Waals surface area contributed by atoms with E-state index in [0.717, 1.165) is 12.5 Å². The van der Waals surface area contributed by atoms with Gasteiger partial charge in [0.25, 0.3) is 0 Å². The molecule has 0 bridgehead atoms. The molecule has 20 heavy (non-hydrogen) atoms. The summed E-state index contributed by atoms with van der Waals surface area (Å²) in [6.07, 6.45) is 0. The van der Waals surface area contributed by atoms with Crippen LogP contribution in [0.1, 0.15) is 12.5 Å². The third kappa shape index (κ3) is 4.52. The Balaban J connectivity index is 2.61. The van der Waals surface area contributed by atoms with Crippen LogP contribution < -0.4 is 10.6 Å². The number of benzene rings is 1. The van der Waals surface area contributed by atoms with Gasteiger partial charge in [-0.05, 0) is 13.0 Å². The SMILES string of the molecule is COCc1ccccc1NC(=O)NCC(C)(O)C(=O)O. The van der Waals surface area contributed by atoms with Gasteiger partial charge in [0, 0.05) is 18.4 Å². The molecule has 0 fully saturated rings. The van der Waals surface area contributed by atoms with Gasteiger partial charge in [-0.1, -0.05) is 18.2 Å². The van der Waals surface area contributed by atoms with Crippen molar-refractivity contribution in [1.82, 2.24) is 5.32 Å². The molecule has 7 heteroatoms. The Morgan fingerprint density at radius 1 is 1.35 bits per heavy atom. The molecule has 1 atom stereocenters. The Morgan fingerprint density at radius 2 is 2.00 bits per heavy atom. The highest BCUT2D eigenvalue weighted by molar-refractivity contribution is 5.90. The van der Waals surface area contributed by atoms with Gasteiger partial charge in [-0.2, -0.15) is 0 Å². The predicted molar refractivity (Wildman–Crippen MR) is 72.4 cm³/mol. The van der Waals surface area contributed by atoms with Crippen LogP contribution in [0.3, 0.4) is 0 Å². The molecule has 0 spiro atoms. The Bertz CT molecular complexity index is 487. The first-order valence-corrected chi connectivity index (χ1v) is 5.94. The smallest absolute Gasteiger partial charge is 0.337 e. The van der Waals surface area contributed by atoms with E-state index >= 15 is 0 Å². The first-order valence-electron chi connectivity index (χ1n) is 5.94. The molecule has 0 heterocycles. The lowest BCUT2D eigenvalue weighted by Crippen LogP contribution is -2.47. The molecular weight excluding hydrogens is 264 g/mol. The molecule has 1 aromatic rings. The van der Waals surface area contributed by atoms with Crippen LogP contribution in [0.5, 0.6) is 0 Å². The molecule has 0 saturated carbocycles. The average molecular weight is 282 g/mol. The van der Waals surface area contributed by atoms with Crippen LogP contribution in [0.25, 0.3) is 0 Å². The largest absolute Gasteiger partial charge is 0.479 e. The van der Waals surface area contributed by atoms with E-state index in [2.05, 4.69) is 10.6 Å². The van der Waals surface area contributed by atoms with Crippen molar-refractivity contribution >= 4 is 17.7 Å². The minimum atomic E-state index is -2.01. The first-order chi connectivity index (χ1) is 9.36. The van der Waals surface area contributed by atoms with Crippen molar-refractivity contribution in [2.24, 2.45) is 0 Å². The average Bonchev–Trinajstić information content (AvgIpc) is 2.39. The molecule has 0 aromatic heterocycles. The summed E-state index contributed by atoms with van der Waals surface area (Å²) in [4.78, 5) is 22.4. The molecule has 4 N–H and O–H groups in total. The van der Waals surface area contributed by atoms with E-state index in [1.165, 1.54) is 0 Å². The first kappa shape index (κ1) is 15.9. The molecule has 2 amide bonds. The summed E-state index contributed by atoms with van der Waals surface area (Å²) in [5, 5.41) is 23.1. The lowest BCUT2D eigenvalue weighted by Gasteiger charge is -2.19. The third-order valence-electron chi connectivity index (χ3n) is 2.62. The van der Waals surface area contributed by atoms with Gasteiger partial charge in [0.2, 0.25) is 0 Å². The maximum atomic E-state index is 11.7. The number of para-hydroxylation sites is 1. The zero-order valence-electron chi connectivity index (χ0n) is 11.3. The summed E-state index contributed by atoms with van der Waals surface area (Å²) in [5.74, 6) is -1.41. The van der Waals surface area contributed by atoms with Crippen molar-refractivity contribution in [2.75, 3.05) is 19.0 Å². The highest BCUT2D eigenvalue weighted by Gasteiger charge is 2.30. The van der Waals surface area contributed by atoms with Crippen molar-refractivity contribution in [2.45, 2.75) is 19.1 Å². The molecule has 0 aliphatic rings. The number of nitrogens with one attached hydrogen (secondary N) is 2. The summed E-state index contributed by atoms with van der Waals surface area (Å²) < 4.78 is 5.01. The van der Waals surface area contributed by atoms with Gasteiger partial charge in [0.05, 0.1) is 13.2 Å². The number of amides is 2. The van der Waals surface area contributed by atoms with Crippen molar-refractivity contribution in [1.29, 1.82) is 0 Å². The zero-order chi connectivity index (χ0) is 15.2. The van der Waals surface area contributed by atoms with Crippen LogP contribution in [0, 0.1) is 0 Å². The van der Waals surface area contributed by atoms with Gasteiger partial charge in [-0.25, -0.2) is 9.59 Å². The lowest BCUT2D eigenvalue weighted by molar-refractivity contribution is -0.155. The Kier molecular flexibility index (Phi) is 5.48. The fourth-order valence-electron chi connectivity index (χ4n) is 1.42. The number of hydrogen-bond acceptors (Lipinski definition) is 4. The van der Waals surface area contributed by atoms with E-state index in [-0.39, 0.29) is 0 Å². The molecule has 7 nitrogen and oxygen atoms in total. The summed E-state index contributed by atoms with van der Waals surface area (Å²) in [7, 11) is 1.54. The van der Waals surface area contributed by atoms with Crippen LogP contribution >= 0.6 is 0 Å². The molecular formula is C13H18N2O5. The van der Waals surface area contributed by atoms with E-state index in [1.807, 2.05) is 6.07 Å². The van der Waals surface area contributed by atoms with Crippen molar-refractivity contribution in [3.63, 3.8) is 0 Å². The normalized spacial score (nSPS) is 13.3. The number of carbonyl (C=O) groups is 2. The van der Waals surface area contributed by atoms with E-state index < -0.39 is 24.1 Å². The number of aliphatic hydroxyl groups is 1. The van der Waals surface area contributed by atoms with Gasteiger partial charge < -0.3 is 25.6 Å². The van der Waals surface area contributed by atoms with E-state index in [1.54, 1.807) is 25.3 Å². The molecule has 0 radical (unpaired) electrons. The van der Waals surface area contributed by atoms with E-state index in [0.29, 0.717) is 12.3 Å². The fraction of sp³-hybridized carbons (Fsp3) is 0.385. The molecule has 110 valence electrons. The van der Waals surface area contributed by atoms with Crippen LogP contribution in [0.15, 0.2) is 24.3 Å². The Hall–Kier alpha value is -2.12. The highest BCUT2D eigenvalue weighted by Crippen LogP contribution is 2.15. The van der Waals surface area contributed by atoms with Crippen LogP contribution in [0.2, 0.25) is 0 Å². The molecule has 1 rings (SSSR count). The van der Waals surface area contributed by atoms with Gasteiger partial charge in [-0.3, -0.25) is 0 Å². The summed E-state index contributed by atoms with van der Waals surface area (Å²) in [6.45, 7) is 1.04. The maximum Gasteiger partial charge on any atom is 0.337 e. The molecule has 1 aromatic carbocycles. The van der Waals surface area contributed by atoms with Crippen LogP contribution in [-0.4, -0.2) is 41.5 Å². The number of carboxylic acids is 1. The number of carbonyl (C=O) groups excluding carboxylic acids is 1. The second kappa shape index (κ2) is 6.88. The fourth-order valence-corrected chi connectivity index (χ4v) is 1.42. The van der Waals surface area contributed by atoms with Gasteiger partial charge in [0.15, 0.2) is 5.60 Å². The number of carboxylic acid groups (broad SMARTS) is 1. The van der Waals surface area contributed by atoms with Gasteiger partial charge in [-0.15, -0.1) is 0 Å². The van der Waals surface area contributed by atoms with E-state index in [4.69, 9.17) is 9.84 Å². The number of rotatable bonds is 6. The molecule has 1 unspecified atom stereocenters. The van der Waals surface area contributed by atoms with Crippen LogP contribution in [-0.2, 0) is 16.1 Å². The Morgan fingerprint density at radius 3 is 2.60 bits per heavy atom. The minimum absolute atomic E-state index is 0.337. The Labute approximate surface area is 116 Å².